The van der Waals surface area contributed by atoms with Crippen molar-refractivity contribution >= 4 is 18.3 Å². The standard InChI is InChI=1S/C3H6F2N2O.ClH/c4-2(5)1(6)3(7)8;/h1-2H,6H2,(H2,7,8);1H. The molecule has 0 aliphatic heterocycles. The number of alkyl halides is 2. The Morgan fingerprint density at radius 1 is 1.44 bits per heavy atom. The van der Waals surface area contributed by atoms with Crippen molar-refractivity contribution in [3.8, 4) is 0 Å². The normalized spacial score (nSPS) is 12.4. The first-order chi connectivity index (χ1) is 3.55. The number of carbonyl (C=O) groups excluding carboxylic acids is 1. The van der Waals surface area contributed by atoms with E-state index in [4.69, 9.17) is 0 Å². The minimum atomic E-state index is -2.85. The van der Waals surface area contributed by atoms with Crippen LogP contribution in [-0.2, 0) is 4.79 Å². The van der Waals surface area contributed by atoms with Gasteiger partial charge in [-0.2, -0.15) is 0 Å². The Morgan fingerprint density at radius 2 is 1.78 bits per heavy atom. The molecule has 1 atom stereocenters. The summed E-state index contributed by atoms with van der Waals surface area (Å²) in [6.07, 6.45) is -2.85. The highest BCUT2D eigenvalue weighted by molar-refractivity contribution is 5.85. The summed E-state index contributed by atoms with van der Waals surface area (Å²) in [7, 11) is 0. The van der Waals surface area contributed by atoms with E-state index in [1.807, 2.05) is 0 Å². The summed E-state index contributed by atoms with van der Waals surface area (Å²) in [4.78, 5) is 9.76. The summed E-state index contributed by atoms with van der Waals surface area (Å²) < 4.78 is 22.5. The number of rotatable bonds is 2. The molecular weight excluding hydrogens is 153 g/mol. The Bertz CT molecular complexity index is 99.8. The number of hydrogen-bond donors (Lipinski definition) is 2. The minimum absolute atomic E-state index is 0. The second kappa shape index (κ2) is 4.46. The molecule has 4 N–H and O–H groups in total. The molecule has 0 aromatic heterocycles. The maximum Gasteiger partial charge on any atom is 0.262 e. The van der Waals surface area contributed by atoms with Gasteiger partial charge in [0.2, 0.25) is 5.91 Å². The molecule has 0 radical (unpaired) electrons. The van der Waals surface area contributed by atoms with Crippen LogP contribution in [0.1, 0.15) is 0 Å². The van der Waals surface area contributed by atoms with E-state index in [1.165, 1.54) is 0 Å². The molecule has 0 saturated heterocycles. The highest BCUT2D eigenvalue weighted by atomic mass is 35.5. The smallest absolute Gasteiger partial charge is 0.262 e. The zero-order valence-corrected chi connectivity index (χ0v) is 5.20. The van der Waals surface area contributed by atoms with Crippen LogP contribution in [0.3, 0.4) is 0 Å². The molecule has 1 unspecified atom stereocenters. The van der Waals surface area contributed by atoms with Gasteiger partial charge in [-0.05, 0) is 0 Å². The molecule has 0 spiro atoms. The molecule has 0 fully saturated rings. The summed E-state index contributed by atoms with van der Waals surface area (Å²) in [5, 5.41) is 0. The SMILES string of the molecule is Cl.NC(=O)C(N)C(F)F. The van der Waals surface area contributed by atoms with Gasteiger partial charge in [-0.3, -0.25) is 4.79 Å². The number of primary amides is 1. The molecular formula is C3H7ClF2N2O. The predicted octanol–water partition coefficient (Wildman–Crippen LogP) is -0.514. The lowest BCUT2D eigenvalue weighted by atomic mass is 10.3. The van der Waals surface area contributed by atoms with Crippen LogP contribution in [0.25, 0.3) is 0 Å². The molecule has 6 heteroatoms. The Labute approximate surface area is 56.8 Å². The van der Waals surface area contributed by atoms with Crippen molar-refractivity contribution in [2.24, 2.45) is 11.5 Å². The Hall–Kier alpha value is -0.420. The first-order valence-electron chi connectivity index (χ1n) is 1.88. The molecule has 56 valence electrons. The quantitative estimate of drug-likeness (QED) is 0.571. The molecule has 1 amide bonds. The zero-order chi connectivity index (χ0) is 6.73. The molecule has 0 aliphatic rings. The van der Waals surface area contributed by atoms with Crippen molar-refractivity contribution in [3.05, 3.63) is 0 Å². The Morgan fingerprint density at radius 3 is 1.78 bits per heavy atom. The lowest BCUT2D eigenvalue weighted by Crippen LogP contribution is -2.42. The third-order valence-electron chi connectivity index (χ3n) is 0.600. The second-order valence-corrected chi connectivity index (χ2v) is 1.26. The third kappa shape index (κ3) is 4.11. The van der Waals surface area contributed by atoms with E-state index in [2.05, 4.69) is 11.5 Å². The number of hydrogen-bond acceptors (Lipinski definition) is 2. The molecule has 3 nitrogen and oxygen atoms in total. The molecule has 0 aliphatic carbocycles. The molecule has 0 rings (SSSR count). The maximum atomic E-state index is 11.3. The molecule has 0 saturated carbocycles. The van der Waals surface area contributed by atoms with Gasteiger partial charge in [-0.25, -0.2) is 8.78 Å². The highest BCUT2D eigenvalue weighted by Gasteiger charge is 2.20. The minimum Gasteiger partial charge on any atom is -0.368 e. The summed E-state index contributed by atoms with van der Waals surface area (Å²) >= 11 is 0. The van der Waals surface area contributed by atoms with Crippen LogP contribution in [0, 0.1) is 0 Å². The van der Waals surface area contributed by atoms with Crippen LogP contribution in [0.5, 0.6) is 0 Å². The van der Waals surface area contributed by atoms with Gasteiger partial charge in [0, 0.05) is 0 Å². The van der Waals surface area contributed by atoms with E-state index in [1.54, 1.807) is 0 Å². The summed E-state index contributed by atoms with van der Waals surface area (Å²) in [5.41, 5.74) is 8.93. The van der Waals surface area contributed by atoms with Gasteiger partial charge >= 0.3 is 0 Å². The van der Waals surface area contributed by atoms with Crippen molar-refractivity contribution in [1.29, 1.82) is 0 Å². The summed E-state index contributed by atoms with van der Waals surface area (Å²) in [6, 6.07) is -1.82. The zero-order valence-electron chi connectivity index (χ0n) is 4.38. The predicted molar refractivity (Wildman–Crippen MR) is 30.4 cm³/mol. The van der Waals surface area contributed by atoms with E-state index < -0.39 is 18.4 Å². The molecule has 0 heterocycles. The van der Waals surface area contributed by atoms with Crippen LogP contribution in [0.2, 0.25) is 0 Å². The fourth-order valence-electron chi connectivity index (χ4n) is 0.124. The third-order valence-corrected chi connectivity index (χ3v) is 0.600. The van der Waals surface area contributed by atoms with E-state index >= 15 is 0 Å². The molecule has 0 bridgehead atoms. The van der Waals surface area contributed by atoms with Crippen LogP contribution in [0.15, 0.2) is 0 Å². The molecule has 0 aromatic rings. The monoisotopic (exact) mass is 160 g/mol. The van der Waals surface area contributed by atoms with Gasteiger partial charge < -0.3 is 11.5 Å². The molecule has 9 heavy (non-hydrogen) atoms. The first kappa shape index (κ1) is 11.4. The van der Waals surface area contributed by atoms with Gasteiger partial charge in [-0.15, -0.1) is 12.4 Å². The number of nitrogens with two attached hydrogens (primary N) is 2. The van der Waals surface area contributed by atoms with Crippen LogP contribution in [0.4, 0.5) is 8.78 Å². The Balaban J connectivity index is 0. The van der Waals surface area contributed by atoms with Gasteiger partial charge in [-0.1, -0.05) is 0 Å². The largest absolute Gasteiger partial charge is 0.368 e. The molecule has 0 aromatic carbocycles. The van der Waals surface area contributed by atoms with E-state index in [9.17, 15) is 13.6 Å². The summed E-state index contributed by atoms with van der Waals surface area (Å²) in [6.45, 7) is 0. The maximum absolute atomic E-state index is 11.3. The van der Waals surface area contributed by atoms with Gasteiger partial charge in [0.05, 0.1) is 0 Å². The van der Waals surface area contributed by atoms with Gasteiger partial charge in [0.15, 0.2) is 0 Å². The second-order valence-electron chi connectivity index (χ2n) is 1.26. The average Bonchev–Trinajstić information content (AvgIpc) is 1.64. The number of amides is 1. The average molecular weight is 161 g/mol. The van der Waals surface area contributed by atoms with Crippen molar-refractivity contribution in [1.82, 2.24) is 0 Å². The number of halogens is 3. The lowest BCUT2D eigenvalue weighted by molar-refractivity contribution is -0.122. The van der Waals surface area contributed by atoms with Crippen LogP contribution >= 0.6 is 12.4 Å². The fraction of sp³-hybridized carbons (Fsp3) is 0.667. The van der Waals surface area contributed by atoms with E-state index in [0.717, 1.165) is 0 Å². The van der Waals surface area contributed by atoms with E-state index in [-0.39, 0.29) is 12.4 Å². The first-order valence-corrected chi connectivity index (χ1v) is 1.88. The van der Waals surface area contributed by atoms with E-state index in [0.29, 0.717) is 0 Å². The van der Waals surface area contributed by atoms with Crippen LogP contribution in [-0.4, -0.2) is 18.4 Å². The van der Waals surface area contributed by atoms with Gasteiger partial charge in [0.1, 0.15) is 6.04 Å². The van der Waals surface area contributed by atoms with Gasteiger partial charge in [0.25, 0.3) is 6.43 Å². The lowest BCUT2D eigenvalue weighted by Gasteiger charge is -2.02. The highest BCUT2D eigenvalue weighted by Crippen LogP contribution is 1.95. The number of carbonyl (C=O) groups is 1. The Kier molecular flexibility index (Phi) is 5.64. The van der Waals surface area contributed by atoms with Crippen molar-refractivity contribution < 1.29 is 13.6 Å². The van der Waals surface area contributed by atoms with Crippen LogP contribution < -0.4 is 11.5 Å². The van der Waals surface area contributed by atoms with Crippen molar-refractivity contribution in [3.63, 3.8) is 0 Å². The van der Waals surface area contributed by atoms with Crippen molar-refractivity contribution in [2.45, 2.75) is 12.5 Å². The topological polar surface area (TPSA) is 69.1 Å². The fourth-order valence-corrected chi connectivity index (χ4v) is 0.124. The summed E-state index contributed by atoms with van der Waals surface area (Å²) in [5.74, 6) is -1.18. The van der Waals surface area contributed by atoms with Crippen molar-refractivity contribution in [2.75, 3.05) is 0 Å².